The van der Waals surface area contributed by atoms with Crippen molar-refractivity contribution in [3.8, 4) is 0 Å². The van der Waals surface area contributed by atoms with E-state index in [2.05, 4.69) is 15.2 Å². The quantitative estimate of drug-likeness (QED) is 0.856. The predicted molar refractivity (Wildman–Crippen MR) is 80.9 cm³/mol. The average Bonchev–Trinajstić information content (AvgIpc) is 3.15. The third-order valence-electron chi connectivity index (χ3n) is 4.44. The molecule has 2 fully saturated rings. The highest BCUT2D eigenvalue weighted by Crippen LogP contribution is 2.40. The van der Waals surface area contributed by atoms with Gasteiger partial charge in [0.25, 0.3) is 5.91 Å². The maximum absolute atomic E-state index is 12.5. The molecule has 2 aromatic heterocycles. The van der Waals surface area contributed by atoms with Crippen molar-refractivity contribution in [1.29, 1.82) is 0 Å². The number of piperazine rings is 1. The van der Waals surface area contributed by atoms with Gasteiger partial charge in [0, 0.05) is 44.2 Å². The summed E-state index contributed by atoms with van der Waals surface area (Å²) in [6.07, 6.45) is 2.28. The van der Waals surface area contributed by atoms with E-state index in [9.17, 15) is 4.79 Å². The van der Waals surface area contributed by atoms with Gasteiger partial charge in [0.05, 0.1) is 12.2 Å². The van der Waals surface area contributed by atoms with Gasteiger partial charge in [-0.15, -0.1) is 0 Å². The first-order valence-electron chi connectivity index (χ1n) is 8.09. The summed E-state index contributed by atoms with van der Waals surface area (Å²) in [6.45, 7) is 5.67. The predicted octanol–water partition coefficient (Wildman–Crippen LogP) is 1.81. The first-order valence-corrected chi connectivity index (χ1v) is 8.09. The van der Waals surface area contributed by atoms with Crippen molar-refractivity contribution in [2.75, 3.05) is 26.2 Å². The molecule has 7 nitrogen and oxygen atoms in total. The zero-order valence-electron chi connectivity index (χ0n) is 13.2. The topological polar surface area (TPSA) is 75.6 Å². The van der Waals surface area contributed by atoms with Gasteiger partial charge in [-0.1, -0.05) is 10.3 Å². The second-order valence-electron chi connectivity index (χ2n) is 6.39. The fraction of sp³-hybridized carbons (Fsp3) is 0.562. The Hall–Kier alpha value is -2.15. The molecule has 0 radical (unpaired) electrons. The fourth-order valence-electron chi connectivity index (χ4n) is 2.93. The summed E-state index contributed by atoms with van der Waals surface area (Å²) in [5, 5.41) is 7.84. The number of amides is 1. The number of rotatable bonds is 4. The van der Waals surface area contributed by atoms with Crippen molar-refractivity contribution in [2.45, 2.75) is 32.2 Å². The Labute approximate surface area is 134 Å². The number of aromatic nitrogens is 2. The standard InChI is InChI=1S/C16H20N4O3/c1-11-8-13(22-17-11)10-19-4-6-20(7-5-19)16(21)14-9-15(23-18-14)12-2-3-12/h8-9,12H,2-7,10H2,1H3. The Bertz CT molecular complexity index is 696. The molecule has 3 heterocycles. The summed E-state index contributed by atoms with van der Waals surface area (Å²) in [5.74, 6) is 2.17. The van der Waals surface area contributed by atoms with Gasteiger partial charge < -0.3 is 13.9 Å². The van der Waals surface area contributed by atoms with E-state index < -0.39 is 0 Å². The smallest absolute Gasteiger partial charge is 0.276 e. The van der Waals surface area contributed by atoms with Gasteiger partial charge in [0.1, 0.15) is 5.76 Å². The Kier molecular flexibility index (Phi) is 3.65. The lowest BCUT2D eigenvalue weighted by atomic mass is 10.2. The number of carbonyl (C=O) groups excluding carboxylic acids is 1. The normalized spacial score (nSPS) is 19.3. The van der Waals surface area contributed by atoms with Gasteiger partial charge in [0.2, 0.25) is 0 Å². The van der Waals surface area contributed by atoms with E-state index in [1.54, 1.807) is 0 Å². The maximum atomic E-state index is 12.5. The van der Waals surface area contributed by atoms with E-state index in [-0.39, 0.29) is 5.91 Å². The summed E-state index contributed by atoms with van der Waals surface area (Å²) in [5.41, 5.74) is 1.33. The molecular formula is C16H20N4O3. The molecule has 0 aromatic carbocycles. The summed E-state index contributed by atoms with van der Waals surface area (Å²) in [6, 6.07) is 3.76. The molecule has 1 aliphatic heterocycles. The molecule has 1 amide bonds. The molecule has 122 valence electrons. The lowest BCUT2D eigenvalue weighted by Crippen LogP contribution is -2.48. The van der Waals surface area contributed by atoms with Crippen LogP contribution in [-0.2, 0) is 6.54 Å². The summed E-state index contributed by atoms with van der Waals surface area (Å²) < 4.78 is 10.5. The molecule has 2 aliphatic rings. The Morgan fingerprint density at radius 2 is 1.96 bits per heavy atom. The summed E-state index contributed by atoms with van der Waals surface area (Å²) >= 11 is 0. The molecular weight excluding hydrogens is 296 g/mol. The second-order valence-corrected chi connectivity index (χ2v) is 6.39. The number of aryl methyl sites for hydroxylation is 1. The van der Waals surface area contributed by atoms with Gasteiger partial charge in [0.15, 0.2) is 11.5 Å². The minimum atomic E-state index is -0.0317. The molecule has 0 atom stereocenters. The van der Waals surface area contributed by atoms with Crippen molar-refractivity contribution in [3.63, 3.8) is 0 Å². The summed E-state index contributed by atoms with van der Waals surface area (Å²) in [7, 11) is 0. The minimum Gasteiger partial charge on any atom is -0.360 e. The first-order chi connectivity index (χ1) is 11.2. The van der Waals surface area contributed by atoms with Crippen LogP contribution in [0, 0.1) is 6.92 Å². The van der Waals surface area contributed by atoms with Crippen LogP contribution >= 0.6 is 0 Å². The van der Waals surface area contributed by atoms with Crippen molar-refractivity contribution in [2.24, 2.45) is 0 Å². The van der Waals surface area contributed by atoms with Gasteiger partial charge in [-0.05, 0) is 19.8 Å². The van der Waals surface area contributed by atoms with Crippen LogP contribution in [0.5, 0.6) is 0 Å². The molecule has 0 unspecified atom stereocenters. The Balaban J connectivity index is 1.32. The van der Waals surface area contributed by atoms with Crippen LogP contribution < -0.4 is 0 Å². The van der Waals surface area contributed by atoms with Crippen molar-refractivity contribution < 1.29 is 13.8 Å². The van der Waals surface area contributed by atoms with Gasteiger partial charge in [-0.3, -0.25) is 9.69 Å². The van der Waals surface area contributed by atoms with Crippen LogP contribution in [-0.4, -0.2) is 52.2 Å². The van der Waals surface area contributed by atoms with E-state index in [4.69, 9.17) is 9.05 Å². The number of carbonyl (C=O) groups is 1. The lowest BCUT2D eigenvalue weighted by Gasteiger charge is -2.33. The summed E-state index contributed by atoms with van der Waals surface area (Å²) in [4.78, 5) is 16.6. The van der Waals surface area contributed by atoms with Crippen LogP contribution in [0.1, 0.15) is 46.5 Å². The van der Waals surface area contributed by atoms with Crippen LogP contribution in [0.4, 0.5) is 0 Å². The number of hydrogen-bond donors (Lipinski definition) is 0. The van der Waals surface area contributed by atoms with Crippen molar-refractivity contribution in [3.05, 3.63) is 35.0 Å². The molecule has 4 rings (SSSR count). The lowest BCUT2D eigenvalue weighted by molar-refractivity contribution is 0.0607. The highest BCUT2D eigenvalue weighted by Gasteiger charge is 2.30. The number of nitrogens with zero attached hydrogens (tertiary/aromatic N) is 4. The van der Waals surface area contributed by atoms with Crippen molar-refractivity contribution in [1.82, 2.24) is 20.1 Å². The van der Waals surface area contributed by atoms with E-state index in [1.165, 1.54) is 0 Å². The van der Waals surface area contributed by atoms with Gasteiger partial charge in [-0.2, -0.15) is 0 Å². The first kappa shape index (κ1) is 14.4. The zero-order chi connectivity index (χ0) is 15.8. The Morgan fingerprint density at radius 1 is 1.17 bits per heavy atom. The molecule has 0 bridgehead atoms. The minimum absolute atomic E-state index is 0.0317. The average molecular weight is 316 g/mol. The largest absolute Gasteiger partial charge is 0.360 e. The highest BCUT2D eigenvalue weighted by molar-refractivity contribution is 5.92. The molecule has 23 heavy (non-hydrogen) atoms. The molecule has 2 aromatic rings. The van der Waals surface area contributed by atoms with Crippen LogP contribution in [0.25, 0.3) is 0 Å². The van der Waals surface area contributed by atoms with E-state index in [0.29, 0.717) is 24.7 Å². The van der Waals surface area contributed by atoms with Crippen LogP contribution in [0.3, 0.4) is 0 Å². The van der Waals surface area contributed by atoms with E-state index >= 15 is 0 Å². The molecule has 1 saturated heterocycles. The van der Waals surface area contributed by atoms with Crippen LogP contribution in [0.15, 0.2) is 21.2 Å². The molecule has 0 spiro atoms. The van der Waals surface area contributed by atoms with Crippen molar-refractivity contribution >= 4 is 5.91 Å². The zero-order valence-corrected chi connectivity index (χ0v) is 13.2. The van der Waals surface area contributed by atoms with Gasteiger partial charge >= 0.3 is 0 Å². The van der Waals surface area contributed by atoms with Gasteiger partial charge in [-0.25, -0.2) is 0 Å². The SMILES string of the molecule is Cc1cc(CN2CCN(C(=O)c3cc(C4CC4)on3)CC2)on1. The van der Waals surface area contributed by atoms with E-state index in [1.807, 2.05) is 24.0 Å². The second kappa shape index (κ2) is 5.81. The molecule has 0 N–H and O–H groups in total. The third-order valence-corrected chi connectivity index (χ3v) is 4.44. The molecule has 1 aliphatic carbocycles. The third kappa shape index (κ3) is 3.14. The fourth-order valence-corrected chi connectivity index (χ4v) is 2.93. The van der Waals surface area contributed by atoms with E-state index in [0.717, 1.165) is 49.7 Å². The van der Waals surface area contributed by atoms with Crippen LogP contribution in [0.2, 0.25) is 0 Å². The maximum Gasteiger partial charge on any atom is 0.276 e. The monoisotopic (exact) mass is 316 g/mol. The molecule has 7 heteroatoms. The highest BCUT2D eigenvalue weighted by atomic mass is 16.5. The Morgan fingerprint density at radius 3 is 2.61 bits per heavy atom. The molecule has 1 saturated carbocycles. The number of hydrogen-bond acceptors (Lipinski definition) is 6.